The molecule has 6 atom stereocenters. The molecule has 8 nitrogen and oxygen atoms in total. The molecule has 1 aromatic heterocycles. The average Bonchev–Trinajstić information content (AvgIpc) is 3.66. The van der Waals surface area contributed by atoms with E-state index in [1.807, 2.05) is 6.08 Å². The van der Waals surface area contributed by atoms with Crippen LogP contribution in [0.2, 0.25) is 0 Å². The summed E-state index contributed by atoms with van der Waals surface area (Å²) in [7, 11) is 0. The highest BCUT2D eigenvalue weighted by Gasteiger charge is 2.59. The molecule has 2 saturated carbocycles. The Balaban J connectivity index is 1.02. The van der Waals surface area contributed by atoms with Gasteiger partial charge in [-0.3, -0.25) is 14.5 Å². The molecule has 0 spiro atoms. The summed E-state index contributed by atoms with van der Waals surface area (Å²) in [6.45, 7) is 20.7. The van der Waals surface area contributed by atoms with Crippen molar-refractivity contribution >= 4 is 29.2 Å². The Kier molecular flexibility index (Phi) is 8.42. The summed E-state index contributed by atoms with van der Waals surface area (Å²) in [6.07, 6.45) is 14.9. The number of piperazine rings is 1. The van der Waals surface area contributed by atoms with Gasteiger partial charge in [-0.2, -0.15) is 9.97 Å². The number of anilines is 3. The maximum absolute atomic E-state index is 14.2. The molecule has 2 aliphatic heterocycles. The van der Waals surface area contributed by atoms with Crippen LogP contribution in [0.25, 0.3) is 0 Å². The van der Waals surface area contributed by atoms with E-state index in [-0.39, 0.29) is 27.9 Å². The highest BCUT2D eigenvalue weighted by molar-refractivity contribution is 6.01. The second kappa shape index (κ2) is 12.2. The quantitative estimate of drug-likeness (QED) is 0.347. The molecule has 0 bridgehead atoms. The predicted octanol–water partition coefficient (Wildman–Crippen LogP) is 6.32. The summed E-state index contributed by atoms with van der Waals surface area (Å²) in [6, 6.07) is 2.17. The third-order valence-corrected chi connectivity index (χ3v) is 12.6. The van der Waals surface area contributed by atoms with Gasteiger partial charge in [-0.1, -0.05) is 57.9 Å². The van der Waals surface area contributed by atoms with Gasteiger partial charge in [0, 0.05) is 63.2 Å². The zero-order chi connectivity index (χ0) is 33.1. The Hall–Kier alpha value is -3.00. The number of ketones is 2. The van der Waals surface area contributed by atoms with Crippen LogP contribution in [0.5, 0.6) is 0 Å². The van der Waals surface area contributed by atoms with E-state index in [4.69, 9.17) is 9.97 Å². The average molecular weight is 641 g/mol. The van der Waals surface area contributed by atoms with Crippen LogP contribution in [0.3, 0.4) is 0 Å². The zero-order valence-corrected chi connectivity index (χ0v) is 29.6. The lowest BCUT2D eigenvalue weighted by atomic mass is 9.52. The predicted molar refractivity (Wildman–Crippen MR) is 190 cm³/mol. The molecule has 0 radical (unpaired) electrons. The van der Waals surface area contributed by atoms with Gasteiger partial charge in [0.05, 0.1) is 6.54 Å². The molecule has 7 rings (SSSR count). The van der Waals surface area contributed by atoms with E-state index in [1.54, 1.807) is 6.08 Å². The molecule has 8 heteroatoms. The number of allylic oxidation sites excluding steroid dienone is 6. The molecule has 0 amide bonds. The fraction of sp³-hybridized carbons (Fsp3) is 0.692. The monoisotopic (exact) mass is 640 g/mol. The molecule has 0 unspecified atom stereocenters. The molecule has 254 valence electrons. The number of nitrogens with one attached hydrogen (secondary N) is 1. The van der Waals surface area contributed by atoms with Gasteiger partial charge in [0.1, 0.15) is 11.6 Å². The molecule has 6 aliphatic rings. The van der Waals surface area contributed by atoms with Gasteiger partial charge in [-0.15, -0.1) is 0 Å². The highest BCUT2D eigenvalue weighted by atomic mass is 16.1. The van der Waals surface area contributed by atoms with Crippen molar-refractivity contribution in [3.63, 3.8) is 0 Å². The standard InChI is InChI=1S/C39H56N6O2/c1-26-21-31-29-10-9-27-22-28(46)11-13-38(27,5)30(29)12-14-39(31,6)35(26)32(47)24-43-17-19-45(20-18-43)34-23-33(44-15-7-8-16-44)41-36(42-34)40-25-37(2,3)4/h11-13,22-23,26,29,31,35H,7-10,14-21,24-25H2,1-6H3,(H,40,41,42)/t26-,29-,31+,35-,38+,39+/m1/s1. The van der Waals surface area contributed by atoms with E-state index in [1.165, 1.54) is 24.0 Å². The minimum Gasteiger partial charge on any atom is -0.356 e. The van der Waals surface area contributed by atoms with E-state index in [0.717, 1.165) is 83.1 Å². The Morgan fingerprint density at radius 1 is 1.02 bits per heavy atom. The normalized spacial score (nSPS) is 34.0. The molecular weight excluding hydrogens is 584 g/mol. The number of rotatable bonds is 7. The lowest BCUT2D eigenvalue weighted by Crippen LogP contribution is -2.51. The lowest BCUT2D eigenvalue weighted by molar-refractivity contribution is -0.129. The van der Waals surface area contributed by atoms with Crippen molar-refractivity contribution in [2.24, 2.45) is 39.9 Å². The number of carbonyl (C=O) groups is 2. The first-order valence-electron chi connectivity index (χ1n) is 18.4. The van der Waals surface area contributed by atoms with Crippen LogP contribution >= 0.6 is 0 Å². The second-order valence-corrected chi connectivity index (χ2v) is 17.2. The summed E-state index contributed by atoms with van der Waals surface area (Å²) >= 11 is 0. The van der Waals surface area contributed by atoms with Crippen LogP contribution in [-0.4, -0.2) is 78.8 Å². The van der Waals surface area contributed by atoms with Gasteiger partial charge in [-0.25, -0.2) is 0 Å². The summed E-state index contributed by atoms with van der Waals surface area (Å²) in [5.74, 6) is 4.80. The van der Waals surface area contributed by atoms with Crippen molar-refractivity contribution in [3.05, 3.63) is 41.5 Å². The van der Waals surface area contributed by atoms with Gasteiger partial charge in [-0.05, 0) is 86.2 Å². The third kappa shape index (κ3) is 6.08. The van der Waals surface area contributed by atoms with Crippen molar-refractivity contribution in [1.82, 2.24) is 14.9 Å². The first-order chi connectivity index (χ1) is 22.3. The molecule has 3 heterocycles. The molecule has 4 aliphatic carbocycles. The topological polar surface area (TPSA) is 81.7 Å². The highest BCUT2D eigenvalue weighted by Crippen LogP contribution is 2.65. The van der Waals surface area contributed by atoms with Crippen molar-refractivity contribution in [3.8, 4) is 0 Å². The van der Waals surface area contributed by atoms with Crippen LogP contribution in [0, 0.1) is 39.9 Å². The van der Waals surface area contributed by atoms with Crippen LogP contribution in [-0.2, 0) is 9.59 Å². The summed E-state index contributed by atoms with van der Waals surface area (Å²) in [4.78, 5) is 43.4. The third-order valence-electron chi connectivity index (χ3n) is 12.6. The maximum Gasteiger partial charge on any atom is 0.226 e. The Morgan fingerprint density at radius 2 is 1.70 bits per heavy atom. The largest absolute Gasteiger partial charge is 0.356 e. The number of hydrogen-bond donors (Lipinski definition) is 1. The van der Waals surface area contributed by atoms with Gasteiger partial charge in [0.2, 0.25) is 5.95 Å². The molecule has 47 heavy (non-hydrogen) atoms. The van der Waals surface area contributed by atoms with E-state index in [2.05, 4.69) is 79.8 Å². The molecule has 0 aromatic carbocycles. The van der Waals surface area contributed by atoms with Crippen LogP contribution in [0.4, 0.5) is 17.6 Å². The lowest BCUT2D eigenvalue weighted by Gasteiger charge is -2.52. The minimum atomic E-state index is -0.133. The smallest absolute Gasteiger partial charge is 0.226 e. The Morgan fingerprint density at radius 3 is 2.38 bits per heavy atom. The van der Waals surface area contributed by atoms with E-state index >= 15 is 0 Å². The van der Waals surface area contributed by atoms with E-state index < -0.39 is 0 Å². The molecule has 1 N–H and O–H groups in total. The molecular formula is C39H56N6O2. The number of aromatic nitrogens is 2. The minimum absolute atomic E-state index is 0.00164. The second-order valence-electron chi connectivity index (χ2n) is 17.2. The Bertz CT molecular complexity index is 1490. The van der Waals surface area contributed by atoms with Gasteiger partial charge < -0.3 is 15.1 Å². The fourth-order valence-electron chi connectivity index (χ4n) is 10.1. The zero-order valence-electron chi connectivity index (χ0n) is 29.6. The molecule has 1 aromatic rings. The number of Topliss-reactive ketones (excluding diaryl/α,β-unsaturated/α-hetero) is 1. The van der Waals surface area contributed by atoms with Gasteiger partial charge >= 0.3 is 0 Å². The first kappa shape index (κ1) is 32.5. The summed E-state index contributed by atoms with van der Waals surface area (Å²) < 4.78 is 0. The van der Waals surface area contributed by atoms with Crippen LogP contribution < -0.4 is 15.1 Å². The van der Waals surface area contributed by atoms with E-state index in [9.17, 15) is 9.59 Å². The van der Waals surface area contributed by atoms with Crippen LogP contribution in [0.15, 0.2) is 41.5 Å². The van der Waals surface area contributed by atoms with Crippen molar-refractivity contribution in [2.75, 3.05) is 67.5 Å². The Labute approximate surface area is 282 Å². The SMILES string of the molecule is C[C@@H]1C[C@H]2[C@@H]3CCC4=CC(=O)C=C[C@]4(C)C3=CC[C@]2(C)[C@H]1C(=O)CN1CCN(c2cc(N3CCCC3)nc(NCC(C)(C)C)n2)CC1. The summed E-state index contributed by atoms with van der Waals surface area (Å²) in [5, 5.41) is 3.51. The summed E-state index contributed by atoms with van der Waals surface area (Å²) in [5.41, 5.74) is 2.79. The number of hydrogen-bond acceptors (Lipinski definition) is 8. The van der Waals surface area contributed by atoms with Crippen molar-refractivity contribution in [1.29, 1.82) is 0 Å². The number of fused-ring (bicyclic) bond motifs is 5. The first-order valence-corrected chi connectivity index (χ1v) is 18.4. The fourth-order valence-corrected chi connectivity index (χ4v) is 10.1. The number of nitrogens with zero attached hydrogens (tertiary/aromatic N) is 5. The van der Waals surface area contributed by atoms with Crippen molar-refractivity contribution in [2.45, 2.75) is 80.1 Å². The van der Waals surface area contributed by atoms with Crippen LogP contribution in [0.1, 0.15) is 80.1 Å². The number of carbonyl (C=O) groups excluding carboxylic acids is 2. The van der Waals surface area contributed by atoms with Crippen molar-refractivity contribution < 1.29 is 9.59 Å². The van der Waals surface area contributed by atoms with Gasteiger partial charge in [0.15, 0.2) is 11.6 Å². The molecule has 2 saturated heterocycles. The van der Waals surface area contributed by atoms with E-state index in [0.29, 0.717) is 36.0 Å². The molecule has 4 fully saturated rings. The maximum atomic E-state index is 14.2. The van der Waals surface area contributed by atoms with Gasteiger partial charge in [0.25, 0.3) is 0 Å².